The molecule has 0 aliphatic carbocycles. The van der Waals surface area contributed by atoms with Crippen LogP contribution >= 0.6 is 0 Å². The van der Waals surface area contributed by atoms with E-state index in [4.69, 9.17) is 9.84 Å². The largest absolute Gasteiger partial charge is 0.478 e. The number of carbonyl (C=O) groups is 2. The number of carboxylic acid groups (broad SMARTS) is 1. The number of hydrogen-bond acceptors (Lipinski definition) is 3. The minimum absolute atomic E-state index is 0.0998. The molecule has 0 atom stereocenters. The van der Waals surface area contributed by atoms with E-state index in [0.29, 0.717) is 17.7 Å². The molecule has 0 fully saturated rings. The second-order valence-electron chi connectivity index (χ2n) is 4.38. The van der Waals surface area contributed by atoms with Crippen LogP contribution in [0.15, 0.2) is 18.2 Å². The second kappa shape index (κ2) is 6.89. The Morgan fingerprint density at radius 3 is 2.42 bits per heavy atom. The fourth-order valence-corrected chi connectivity index (χ4v) is 1.85. The molecule has 0 spiro atoms. The maximum Gasteiger partial charge on any atom is 0.335 e. The molecule has 104 valence electrons. The monoisotopic (exact) mass is 265 g/mol. The van der Waals surface area contributed by atoms with Gasteiger partial charge in [-0.15, -0.1) is 0 Å². The highest BCUT2D eigenvalue weighted by atomic mass is 16.5. The Labute approximate surface area is 112 Å². The van der Waals surface area contributed by atoms with Crippen molar-refractivity contribution in [3.63, 3.8) is 0 Å². The number of aromatic carboxylic acids is 1. The Kier molecular flexibility index (Phi) is 5.51. The number of carboxylic acids is 1. The van der Waals surface area contributed by atoms with Gasteiger partial charge in [0.15, 0.2) is 0 Å². The van der Waals surface area contributed by atoms with Crippen molar-refractivity contribution >= 4 is 11.9 Å². The Hall–Kier alpha value is -1.88. The van der Waals surface area contributed by atoms with E-state index in [9.17, 15) is 9.59 Å². The third kappa shape index (κ3) is 4.06. The molecule has 0 unspecified atom stereocenters. The summed E-state index contributed by atoms with van der Waals surface area (Å²) in [6.07, 6.45) is 0.853. The average Bonchev–Trinajstić information content (AvgIpc) is 2.38. The van der Waals surface area contributed by atoms with Gasteiger partial charge in [-0.3, -0.25) is 4.79 Å². The predicted octanol–water partition coefficient (Wildman–Crippen LogP) is 2.01. The zero-order valence-corrected chi connectivity index (χ0v) is 11.5. The van der Waals surface area contributed by atoms with Gasteiger partial charge in [-0.2, -0.15) is 0 Å². The molecule has 19 heavy (non-hydrogen) atoms. The molecule has 1 aromatic rings. The van der Waals surface area contributed by atoms with Crippen LogP contribution in [-0.2, 0) is 11.3 Å². The Morgan fingerprint density at radius 2 is 1.89 bits per heavy atom. The molecule has 0 saturated heterocycles. The number of rotatable bonds is 6. The van der Waals surface area contributed by atoms with Crippen molar-refractivity contribution in [3.8, 4) is 0 Å². The first-order valence-corrected chi connectivity index (χ1v) is 6.11. The molecule has 5 nitrogen and oxygen atoms in total. The third-order valence-electron chi connectivity index (χ3n) is 2.70. The summed E-state index contributed by atoms with van der Waals surface area (Å²) in [6, 6.07) is 4.59. The Balaban J connectivity index is 3.11. The van der Waals surface area contributed by atoms with Gasteiger partial charge < -0.3 is 14.7 Å². The van der Waals surface area contributed by atoms with Gasteiger partial charge in [0.2, 0.25) is 0 Å². The van der Waals surface area contributed by atoms with Gasteiger partial charge in [-0.1, -0.05) is 6.92 Å². The molecule has 1 rings (SSSR count). The van der Waals surface area contributed by atoms with Crippen molar-refractivity contribution in [1.29, 1.82) is 0 Å². The molecule has 1 aromatic carbocycles. The Morgan fingerprint density at radius 1 is 1.26 bits per heavy atom. The molecule has 0 saturated carbocycles. The van der Waals surface area contributed by atoms with Crippen molar-refractivity contribution in [2.45, 2.75) is 20.0 Å². The minimum Gasteiger partial charge on any atom is -0.478 e. The quantitative estimate of drug-likeness (QED) is 0.854. The van der Waals surface area contributed by atoms with Crippen molar-refractivity contribution in [1.82, 2.24) is 4.90 Å². The molecule has 0 radical (unpaired) electrons. The molecule has 0 aliphatic rings. The smallest absolute Gasteiger partial charge is 0.335 e. The normalized spacial score (nSPS) is 10.3. The van der Waals surface area contributed by atoms with Crippen molar-refractivity contribution in [2.24, 2.45) is 0 Å². The number of ether oxygens (including phenoxy) is 1. The summed E-state index contributed by atoms with van der Waals surface area (Å²) in [5, 5.41) is 9.06. The highest BCUT2D eigenvalue weighted by Crippen LogP contribution is 2.14. The zero-order valence-electron chi connectivity index (χ0n) is 11.5. The van der Waals surface area contributed by atoms with E-state index in [2.05, 4.69) is 0 Å². The van der Waals surface area contributed by atoms with E-state index in [0.717, 1.165) is 6.42 Å². The van der Waals surface area contributed by atoms with Crippen LogP contribution in [0.25, 0.3) is 0 Å². The van der Waals surface area contributed by atoms with Crippen LogP contribution in [0.1, 0.15) is 39.6 Å². The molecule has 1 N–H and O–H groups in total. The number of methoxy groups -OCH3 is 1. The fourth-order valence-electron chi connectivity index (χ4n) is 1.85. The van der Waals surface area contributed by atoms with Gasteiger partial charge in [0, 0.05) is 26.3 Å². The van der Waals surface area contributed by atoms with Crippen molar-refractivity contribution in [3.05, 3.63) is 34.9 Å². The van der Waals surface area contributed by atoms with E-state index in [1.165, 1.54) is 19.2 Å². The topological polar surface area (TPSA) is 66.8 Å². The van der Waals surface area contributed by atoms with Crippen LogP contribution < -0.4 is 0 Å². The molecular weight excluding hydrogens is 246 g/mol. The van der Waals surface area contributed by atoms with Crippen molar-refractivity contribution < 1.29 is 19.4 Å². The number of carbonyl (C=O) groups excluding carboxylic acids is 1. The first-order valence-electron chi connectivity index (χ1n) is 6.11. The van der Waals surface area contributed by atoms with Crippen molar-refractivity contribution in [2.75, 3.05) is 20.7 Å². The summed E-state index contributed by atoms with van der Waals surface area (Å²) in [5.74, 6) is -1.23. The van der Waals surface area contributed by atoms with Crippen LogP contribution in [0, 0.1) is 0 Å². The Bertz CT molecular complexity index is 471. The predicted molar refractivity (Wildman–Crippen MR) is 71.4 cm³/mol. The summed E-state index contributed by atoms with van der Waals surface area (Å²) in [7, 11) is 3.23. The number of hydrogen-bond donors (Lipinski definition) is 1. The van der Waals surface area contributed by atoms with Gasteiger partial charge >= 0.3 is 5.97 Å². The lowest BCUT2D eigenvalue weighted by molar-refractivity contribution is 0.0696. The first-order chi connectivity index (χ1) is 8.99. The van der Waals surface area contributed by atoms with Gasteiger partial charge in [0.25, 0.3) is 5.91 Å². The van der Waals surface area contributed by atoms with Gasteiger partial charge in [0.05, 0.1) is 12.2 Å². The lowest BCUT2D eigenvalue weighted by Crippen LogP contribution is -2.27. The fraction of sp³-hybridized carbons (Fsp3) is 0.429. The van der Waals surface area contributed by atoms with E-state index in [1.54, 1.807) is 18.0 Å². The van der Waals surface area contributed by atoms with Crippen LogP contribution in [0.3, 0.4) is 0 Å². The van der Waals surface area contributed by atoms with Crippen LogP contribution in [0.4, 0.5) is 0 Å². The van der Waals surface area contributed by atoms with E-state index in [-0.39, 0.29) is 18.1 Å². The molecule has 0 aromatic heterocycles. The molecule has 0 aliphatic heterocycles. The lowest BCUT2D eigenvalue weighted by Gasteiger charge is -2.17. The van der Waals surface area contributed by atoms with Crippen LogP contribution in [0.2, 0.25) is 0 Å². The molecule has 5 heteroatoms. The minimum atomic E-state index is -1.05. The second-order valence-corrected chi connectivity index (χ2v) is 4.38. The number of nitrogens with zero attached hydrogens (tertiary/aromatic N) is 1. The highest BCUT2D eigenvalue weighted by molar-refractivity contribution is 5.97. The standard InChI is InChI=1S/C14H19NO4/c1-4-5-15(2)13(16)11-6-10(9-19-3)7-12(8-11)14(17)18/h6-8H,4-5,9H2,1-3H3,(H,17,18). The summed E-state index contributed by atoms with van der Waals surface area (Å²) in [6.45, 7) is 2.89. The summed E-state index contributed by atoms with van der Waals surface area (Å²) in [4.78, 5) is 24.8. The van der Waals surface area contributed by atoms with Crippen LogP contribution in [0.5, 0.6) is 0 Å². The van der Waals surface area contributed by atoms with E-state index < -0.39 is 5.97 Å². The molecule has 0 heterocycles. The molecular formula is C14H19NO4. The first kappa shape index (κ1) is 15.2. The van der Waals surface area contributed by atoms with Gasteiger partial charge in [-0.25, -0.2) is 4.79 Å². The molecule has 0 bridgehead atoms. The molecule has 1 amide bonds. The van der Waals surface area contributed by atoms with Gasteiger partial charge in [0.1, 0.15) is 0 Å². The number of amides is 1. The summed E-state index contributed by atoms with van der Waals surface area (Å²) < 4.78 is 4.99. The summed E-state index contributed by atoms with van der Waals surface area (Å²) >= 11 is 0. The summed E-state index contributed by atoms with van der Waals surface area (Å²) in [5.41, 5.74) is 1.15. The maximum atomic E-state index is 12.2. The van der Waals surface area contributed by atoms with Gasteiger partial charge in [-0.05, 0) is 30.2 Å². The zero-order chi connectivity index (χ0) is 14.4. The SMILES string of the molecule is CCCN(C)C(=O)c1cc(COC)cc(C(=O)O)c1. The third-order valence-corrected chi connectivity index (χ3v) is 2.70. The van der Waals surface area contributed by atoms with E-state index >= 15 is 0 Å². The lowest BCUT2D eigenvalue weighted by atomic mass is 10.0. The number of benzene rings is 1. The van der Waals surface area contributed by atoms with E-state index in [1.807, 2.05) is 6.92 Å². The maximum absolute atomic E-state index is 12.2. The average molecular weight is 265 g/mol. The van der Waals surface area contributed by atoms with Crippen LogP contribution in [-0.4, -0.2) is 42.6 Å². The highest BCUT2D eigenvalue weighted by Gasteiger charge is 2.15.